The lowest BCUT2D eigenvalue weighted by Crippen LogP contribution is -2.52. The molecule has 0 aromatic heterocycles. The molecule has 3 nitrogen and oxygen atoms in total. The number of methoxy groups -OCH3 is 1. The van der Waals surface area contributed by atoms with Gasteiger partial charge in [-0.3, -0.25) is 9.59 Å². The first-order valence-electron chi connectivity index (χ1n) is 5.36. The highest BCUT2D eigenvalue weighted by Crippen LogP contribution is 2.49. The molecule has 0 N–H and O–H groups in total. The van der Waals surface area contributed by atoms with Crippen molar-refractivity contribution in [1.29, 1.82) is 0 Å². The SMILES string of the molecule is COC(=O)[C@@]12CC=C[C@@](C)(CCC1)C2=O. The number of rotatable bonds is 1. The average Bonchev–Trinajstić information content (AvgIpc) is 2.20. The third-order valence-electron chi connectivity index (χ3n) is 3.78. The second kappa shape index (κ2) is 3.19. The summed E-state index contributed by atoms with van der Waals surface area (Å²) in [5.74, 6) is -0.307. The van der Waals surface area contributed by atoms with Crippen molar-refractivity contribution in [3.8, 4) is 0 Å². The normalized spacial score (nSPS) is 38.9. The highest BCUT2D eigenvalue weighted by molar-refractivity contribution is 6.08. The van der Waals surface area contributed by atoms with Crippen LogP contribution in [0.1, 0.15) is 32.6 Å². The first kappa shape index (κ1) is 10.4. The van der Waals surface area contributed by atoms with E-state index in [1.165, 1.54) is 7.11 Å². The Morgan fingerprint density at radius 2 is 2.20 bits per heavy atom. The Hall–Kier alpha value is -1.12. The standard InChI is InChI=1S/C12H16O3/c1-11-5-3-7-12(9(11)13,8-4-6-11)10(14)15-2/h3,5H,4,6-8H2,1-2H3/t11-,12-/m0/s1. The smallest absolute Gasteiger partial charge is 0.319 e. The fraction of sp³-hybridized carbons (Fsp3) is 0.667. The van der Waals surface area contributed by atoms with Crippen molar-refractivity contribution in [3.05, 3.63) is 12.2 Å². The maximum absolute atomic E-state index is 12.3. The van der Waals surface area contributed by atoms with Gasteiger partial charge in [0.2, 0.25) is 0 Å². The molecule has 1 saturated carbocycles. The van der Waals surface area contributed by atoms with E-state index in [2.05, 4.69) is 0 Å². The van der Waals surface area contributed by atoms with E-state index in [1.807, 2.05) is 19.1 Å². The number of ketones is 1. The Balaban J connectivity index is 2.45. The predicted molar refractivity (Wildman–Crippen MR) is 55.2 cm³/mol. The molecule has 0 heterocycles. The van der Waals surface area contributed by atoms with E-state index in [9.17, 15) is 9.59 Å². The summed E-state index contributed by atoms with van der Waals surface area (Å²) in [5.41, 5.74) is -1.32. The quantitative estimate of drug-likeness (QED) is 0.375. The van der Waals surface area contributed by atoms with Crippen molar-refractivity contribution in [1.82, 2.24) is 0 Å². The van der Waals surface area contributed by atoms with Crippen LogP contribution in [0.2, 0.25) is 0 Å². The minimum Gasteiger partial charge on any atom is -0.468 e. The van der Waals surface area contributed by atoms with Crippen LogP contribution in [-0.2, 0) is 14.3 Å². The summed E-state index contributed by atoms with van der Waals surface area (Å²) < 4.78 is 4.79. The molecule has 2 aliphatic carbocycles. The molecule has 2 rings (SSSR count). The number of esters is 1. The Morgan fingerprint density at radius 1 is 1.47 bits per heavy atom. The molecule has 0 unspecified atom stereocenters. The molecular formula is C12H16O3. The van der Waals surface area contributed by atoms with Gasteiger partial charge in [0.25, 0.3) is 0 Å². The Kier molecular flexibility index (Phi) is 2.21. The Bertz CT molecular complexity index is 345. The second-order valence-electron chi connectivity index (χ2n) is 4.78. The van der Waals surface area contributed by atoms with E-state index in [0.29, 0.717) is 12.8 Å². The summed E-state index contributed by atoms with van der Waals surface area (Å²) in [7, 11) is 1.36. The van der Waals surface area contributed by atoms with Gasteiger partial charge in [-0.05, 0) is 26.2 Å². The van der Waals surface area contributed by atoms with Crippen LogP contribution in [0, 0.1) is 10.8 Å². The van der Waals surface area contributed by atoms with Gasteiger partial charge >= 0.3 is 5.97 Å². The maximum atomic E-state index is 12.3. The highest BCUT2D eigenvalue weighted by Gasteiger charge is 2.56. The van der Waals surface area contributed by atoms with Crippen LogP contribution >= 0.6 is 0 Å². The van der Waals surface area contributed by atoms with E-state index in [4.69, 9.17) is 4.74 Å². The van der Waals surface area contributed by atoms with Crippen molar-refractivity contribution in [2.24, 2.45) is 10.8 Å². The fourth-order valence-corrected chi connectivity index (χ4v) is 2.88. The zero-order valence-electron chi connectivity index (χ0n) is 9.21. The first-order valence-corrected chi connectivity index (χ1v) is 5.36. The third kappa shape index (κ3) is 1.25. The topological polar surface area (TPSA) is 43.4 Å². The van der Waals surface area contributed by atoms with Crippen LogP contribution < -0.4 is 0 Å². The molecule has 0 spiro atoms. The molecule has 0 radical (unpaired) electrons. The number of carbonyl (C=O) groups excluding carboxylic acids is 2. The first-order chi connectivity index (χ1) is 7.05. The molecular weight excluding hydrogens is 192 g/mol. The van der Waals surface area contributed by atoms with E-state index < -0.39 is 10.8 Å². The zero-order valence-corrected chi connectivity index (χ0v) is 9.21. The van der Waals surface area contributed by atoms with Gasteiger partial charge in [0.15, 0.2) is 5.78 Å². The summed E-state index contributed by atoms with van der Waals surface area (Å²) >= 11 is 0. The third-order valence-corrected chi connectivity index (χ3v) is 3.78. The number of fused-ring (bicyclic) bond motifs is 2. The molecule has 2 aliphatic rings. The van der Waals surface area contributed by atoms with Crippen LogP contribution in [-0.4, -0.2) is 18.9 Å². The number of carbonyl (C=O) groups is 2. The molecule has 1 fully saturated rings. The lowest BCUT2D eigenvalue weighted by atomic mass is 9.57. The van der Waals surface area contributed by atoms with Crippen molar-refractivity contribution in [3.63, 3.8) is 0 Å². The average molecular weight is 208 g/mol. The zero-order chi connectivity index (χ0) is 11.1. The number of Topliss-reactive ketones (excluding diaryl/α,β-unsaturated/α-hetero) is 1. The van der Waals surface area contributed by atoms with Gasteiger partial charge in [-0.1, -0.05) is 18.6 Å². The molecule has 0 aromatic rings. The largest absolute Gasteiger partial charge is 0.468 e. The van der Waals surface area contributed by atoms with Gasteiger partial charge in [-0.25, -0.2) is 0 Å². The van der Waals surface area contributed by atoms with Gasteiger partial charge in [0, 0.05) is 5.41 Å². The van der Waals surface area contributed by atoms with Crippen LogP contribution in [0.5, 0.6) is 0 Å². The van der Waals surface area contributed by atoms with Gasteiger partial charge in [0.1, 0.15) is 5.41 Å². The number of hydrogen-bond acceptors (Lipinski definition) is 3. The lowest BCUT2D eigenvalue weighted by Gasteiger charge is -2.44. The fourth-order valence-electron chi connectivity index (χ4n) is 2.88. The van der Waals surface area contributed by atoms with Crippen molar-refractivity contribution >= 4 is 11.8 Å². The summed E-state index contributed by atoms with van der Waals surface area (Å²) in [6.45, 7) is 1.92. The highest BCUT2D eigenvalue weighted by atomic mass is 16.5. The molecule has 0 amide bonds. The summed E-state index contributed by atoms with van der Waals surface area (Å²) in [6.07, 6.45) is 6.82. The van der Waals surface area contributed by atoms with Gasteiger partial charge in [-0.15, -0.1) is 0 Å². The molecule has 3 heteroatoms. The molecule has 0 aliphatic heterocycles. The molecule has 2 bridgehead atoms. The van der Waals surface area contributed by atoms with Gasteiger partial charge < -0.3 is 4.74 Å². The van der Waals surface area contributed by atoms with Crippen molar-refractivity contribution in [2.45, 2.75) is 32.6 Å². The van der Waals surface area contributed by atoms with Crippen molar-refractivity contribution in [2.75, 3.05) is 7.11 Å². The predicted octanol–water partition coefficient (Wildman–Crippen LogP) is 1.86. The molecule has 82 valence electrons. The second-order valence-corrected chi connectivity index (χ2v) is 4.78. The lowest BCUT2D eigenvalue weighted by molar-refractivity contribution is -0.164. The van der Waals surface area contributed by atoms with Crippen LogP contribution in [0.25, 0.3) is 0 Å². The minimum absolute atomic E-state index is 0.0515. The van der Waals surface area contributed by atoms with Crippen LogP contribution in [0.4, 0.5) is 0 Å². The summed E-state index contributed by atoms with van der Waals surface area (Å²) in [6, 6.07) is 0. The van der Waals surface area contributed by atoms with Gasteiger partial charge in [-0.2, -0.15) is 0 Å². The molecule has 2 atom stereocenters. The molecule has 15 heavy (non-hydrogen) atoms. The monoisotopic (exact) mass is 208 g/mol. The Morgan fingerprint density at radius 3 is 2.87 bits per heavy atom. The number of ether oxygens (including phenoxy) is 1. The minimum atomic E-state index is -0.878. The maximum Gasteiger partial charge on any atom is 0.319 e. The van der Waals surface area contributed by atoms with E-state index in [0.717, 1.165) is 12.8 Å². The molecule has 0 saturated heterocycles. The van der Waals surface area contributed by atoms with Gasteiger partial charge in [0.05, 0.1) is 7.11 Å². The van der Waals surface area contributed by atoms with E-state index >= 15 is 0 Å². The van der Waals surface area contributed by atoms with E-state index in [1.54, 1.807) is 0 Å². The van der Waals surface area contributed by atoms with E-state index in [-0.39, 0.29) is 11.8 Å². The van der Waals surface area contributed by atoms with Crippen molar-refractivity contribution < 1.29 is 14.3 Å². The number of hydrogen-bond donors (Lipinski definition) is 0. The summed E-state index contributed by atoms with van der Waals surface area (Å²) in [4.78, 5) is 24.1. The van der Waals surface area contributed by atoms with Crippen LogP contribution in [0.3, 0.4) is 0 Å². The van der Waals surface area contributed by atoms with Crippen LogP contribution in [0.15, 0.2) is 12.2 Å². The Labute approximate surface area is 89.5 Å². The summed E-state index contributed by atoms with van der Waals surface area (Å²) in [5, 5.41) is 0. The molecule has 0 aromatic carbocycles. The number of allylic oxidation sites excluding steroid dienone is 2.